The van der Waals surface area contributed by atoms with Crippen LogP contribution < -0.4 is 10.5 Å². The van der Waals surface area contributed by atoms with Crippen LogP contribution in [0.15, 0.2) is 29.2 Å². The van der Waals surface area contributed by atoms with E-state index >= 15 is 0 Å². The molecule has 3 N–H and O–H groups in total. The first kappa shape index (κ1) is 15.4. The van der Waals surface area contributed by atoms with Crippen LogP contribution in [-0.4, -0.2) is 20.0 Å². The molecule has 0 aromatic heterocycles. The lowest BCUT2D eigenvalue weighted by Gasteiger charge is -2.06. The second-order valence-corrected chi connectivity index (χ2v) is 6.51. The fourth-order valence-corrected chi connectivity index (χ4v) is 2.87. The maximum absolute atomic E-state index is 11.9. The average Bonchev–Trinajstić information content (AvgIpc) is 2.28. The summed E-state index contributed by atoms with van der Waals surface area (Å²) in [6.45, 7) is 0.359. The molecular formula is C11H15ClN2O2S2. The van der Waals surface area contributed by atoms with Crippen LogP contribution in [0.4, 0.5) is 0 Å². The van der Waals surface area contributed by atoms with Crippen molar-refractivity contribution in [1.29, 1.82) is 0 Å². The van der Waals surface area contributed by atoms with E-state index < -0.39 is 10.0 Å². The third kappa shape index (κ3) is 5.30. The topological polar surface area (TPSA) is 72.2 Å². The molecule has 100 valence electrons. The number of sulfonamides is 1. The second-order valence-electron chi connectivity index (χ2n) is 3.78. The molecule has 1 rings (SSSR count). The third-order valence-corrected chi connectivity index (χ3v) is 4.15. The number of hydrogen-bond donors (Lipinski definition) is 2. The molecule has 0 bridgehead atoms. The highest BCUT2D eigenvalue weighted by atomic mass is 35.5. The molecule has 7 heteroatoms. The number of hydrogen-bond acceptors (Lipinski definition) is 3. The first-order chi connectivity index (χ1) is 8.42. The standard InChI is InChI=1S/C11H15ClN2O2S2/c12-9-4-3-5-10(8-9)18(15,16)14-7-2-1-6-11(13)17/h3-5,8,14H,1-2,6-7H2,(H2,13,17). The number of thiocarbonyl (C=S) groups is 1. The van der Waals surface area contributed by atoms with Crippen molar-refractivity contribution in [1.82, 2.24) is 4.72 Å². The maximum Gasteiger partial charge on any atom is 0.240 e. The minimum absolute atomic E-state index is 0.171. The molecule has 0 atom stereocenters. The van der Waals surface area contributed by atoms with Crippen LogP contribution >= 0.6 is 23.8 Å². The van der Waals surface area contributed by atoms with Crippen molar-refractivity contribution in [3.63, 3.8) is 0 Å². The summed E-state index contributed by atoms with van der Waals surface area (Å²) in [7, 11) is -3.48. The summed E-state index contributed by atoms with van der Waals surface area (Å²) in [5.41, 5.74) is 5.35. The molecule has 0 saturated heterocycles. The molecule has 0 aliphatic heterocycles. The number of nitrogens with one attached hydrogen (secondary N) is 1. The van der Waals surface area contributed by atoms with Crippen LogP contribution in [0.25, 0.3) is 0 Å². The predicted octanol–water partition coefficient (Wildman–Crippen LogP) is 2.07. The average molecular weight is 307 g/mol. The number of halogens is 1. The van der Waals surface area contributed by atoms with E-state index in [1.165, 1.54) is 12.1 Å². The zero-order valence-electron chi connectivity index (χ0n) is 9.73. The van der Waals surface area contributed by atoms with E-state index in [0.29, 0.717) is 29.4 Å². The minimum atomic E-state index is -3.48. The highest BCUT2D eigenvalue weighted by molar-refractivity contribution is 7.89. The molecule has 0 fully saturated rings. The number of nitrogens with two attached hydrogens (primary N) is 1. The van der Waals surface area contributed by atoms with E-state index in [2.05, 4.69) is 4.72 Å². The van der Waals surface area contributed by atoms with Crippen LogP contribution in [0, 0.1) is 0 Å². The number of rotatable bonds is 7. The Morgan fingerprint density at radius 2 is 2.11 bits per heavy atom. The molecule has 4 nitrogen and oxygen atoms in total. The van der Waals surface area contributed by atoms with Gasteiger partial charge in [0.25, 0.3) is 0 Å². The lowest BCUT2D eigenvalue weighted by molar-refractivity contribution is 0.577. The van der Waals surface area contributed by atoms with Crippen LogP contribution in [0.1, 0.15) is 19.3 Å². The van der Waals surface area contributed by atoms with Crippen molar-refractivity contribution < 1.29 is 8.42 Å². The molecule has 1 aromatic carbocycles. The molecule has 0 radical (unpaired) electrons. The smallest absolute Gasteiger partial charge is 0.240 e. The summed E-state index contributed by atoms with van der Waals surface area (Å²) in [4.78, 5) is 0.622. The largest absolute Gasteiger partial charge is 0.393 e. The monoisotopic (exact) mass is 306 g/mol. The Labute approximate surface area is 118 Å². The Hall–Kier alpha value is -0.690. The van der Waals surface area contributed by atoms with Crippen molar-refractivity contribution in [3.8, 4) is 0 Å². The van der Waals surface area contributed by atoms with Crippen molar-refractivity contribution in [3.05, 3.63) is 29.3 Å². The fraction of sp³-hybridized carbons (Fsp3) is 0.364. The first-order valence-corrected chi connectivity index (χ1v) is 7.72. The van der Waals surface area contributed by atoms with Crippen molar-refractivity contribution in [2.24, 2.45) is 5.73 Å². The first-order valence-electron chi connectivity index (χ1n) is 5.45. The molecule has 0 amide bonds. The van der Waals surface area contributed by atoms with Gasteiger partial charge in [0.2, 0.25) is 10.0 Å². The van der Waals surface area contributed by atoms with Gasteiger partial charge in [0.15, 0.2) is 0 Å². The van der Waals surface area contributed by atoms with E-state index in [-0.39, 0.29) is 4.90 Å². The summed E-state index contributed by atoms with van der Waals surface area (Å²) in [6, 6.07) is 6.15. The van der Waals surface area contributed by atoms with E-state index in [1.54, 1.807) is 12.1 Å². The van der Waals surface area contributed by atoms with Crippen LogP contribution in [0.2, 0.25) is 5.02 Å². The molecule has 0 saturated carbocycles. The zero-order valence-corrected chi connectivity index (χ0v) is 12.1. The Bertz CT molecular complexity index is 518. The van der Waals surface area contributed by atoms with Crippen molar-refractivity contribution in [2.75, 3.05) is 6.54 Å². The van der Waals surface area contributed by atoms with Gasteiger partial charge in [-0.25, -0.2) is 13.1 Å². The highest BCUT2D eigenvalue weighted by Gasteiger charge is 2.12. The van der Waals surface area contributed by atoms with Crippen molar-refractivity contribution in [2.45, 2.75) is 24.2 Å². The summed E-state index contributed by atoms with van der Waals surface area (Å²) < 4.78 is 26.2. The van der Waals surface area contributed by atoms with Gasteiger partial charge in [0.1, 0.15) is 0 Å². The normalized spacial score (nSPS) is 11.4. The van der Waals surface area contributed by atoms with E-state index in [0.717, 1.165) is 6.42 Å². The fourth-order valence-electron chi connectivity index (χ4n) is 1.35. The van der Waals surface area contributed by atoms with Gasteiger partial charge in [-0.2, -0.15) is 0 Å². The molecular weight excluding hydrogens is 292 g/mol. The molecule has 18 heavy (non-hydrogen) atoms. The highest BCUT2D eigenvalue weighted by Crippen LogP contribution is 2.15. The maximum atomic E-state index is 11.9. The summed E-state index contributed by atoms with van der Waals surface area (Å²) >= 11 is 10.5. The van der Waals surface area contributed by atoms with Gasteiger partial charge < -0.3 is 5.73 Å². The molecule has 0 aliphatic carbocycles. The Kier molecular flexibility index (Phi) is 6.01. The molecule has 0 unspecified atom stereocenters. The van der Waals surface area contributed by atoms with Gasteiger partial charge in [-0.15, -0.1) is 0 Å². The lowest BCUT2D eigenvalue weighted by atomic mass is 10.2. The molecule has 1 aromatic rings. The summed E-state index contributed by atoms with van der Waals surface area (Å²) in [5, 5.41) is 0.395. The Balaban J connectivity index is 2.48. The second kappa shape index (κ2) is 7.04. The molecule has 0 aliphatic rings. The van der Waals surface area contributed by atoms with Gasteiger partial charge in [-0.3, -0.25) is 0 Å². The van der Waals surface area contributed by atoms with Crippen LogP contribution in [-0.2, 0) is 10.0 Å². The zero-order chi connectivity index (χ0) is 13.6. The number of unbranched alkanes of at least 4 members (excludes halogenated alkanes) is 1. The Morgan fingerprint density at radius 1 is 1.39 bits per heavy atom. The molecule has 0 spiro atoms. The van der Waals surface area contributed by atoms with E-state index in [4.69, 9.17) is 29.6 Å². The van der Waals surface area contributed by atoms with Gasteiger partial charge >= 0.3 is 0 Å². The minimum Gasteiger partial charge on any atom is -0.393 e. The Morgan fingerprint density at radius 3 is 2.72 bits per heavy atom. The SMILES string of the molecule is NC(=S)CCCCNS(=O)(=O)c1cccc(Cl)c1. The van der Waals surface area contributed by atoms with Gasteiger partial charge in [-0.05, 0) is 37.5 Å². The number of benzene rings is 1. The van der Waals surface area contributed by atoms with E-state index in [9.17, 15) is 8.42 Å². The van der Waals surface area contributed by atoms with Gasteiger partial charge in [0, 0.05) is 11.6 Å². The summed E-state index contributed by atoms with van der Waals surface area (Å²) in [5.74, 6) is 0. The lowest BCUT2D eigenvalue weighted by Crippen LogP contribution is -2.25. The molecule has 0 heterocycles. The van der Waals surface area contributed by atoms with Crippen LogP contribution in [0.3, 0.4) is 0 Å². The van der Waals surface area contributed by atoms with E-state index in [1.807, 2.05) is 0 Å². The van der Waals surface area contributed by atoms with Gasteiger partial charge in [-0.1, -0.05) is 29.9 Å². The predicted molar refractivity (Wildman–Crippen MR) is 77.3 cm³/mol. The van der Waals surface area contributed by atoms with Gasteiger partial charge in [0.05, 0.1) is 9.88 Å². The van der Waals surface area contributed by atoms with Crippen LogP contribution in [0.5, 0.6) is 0 Å². The van der Waals surface area contributed by atoms with Crippen molar-refractivity contribution >= 4 is 38.8 Å². The third-order valence-electron chi connectivity index (χ3n) is 2.25. The summed E-state index contributed by atoms with van der Waals surface area (Å²) in [6.07, 6.45) is 2.10. The quantitative estimate of drug-likeness (QED) is 0.597.